The molecule has 1 aliphatic rings. The van der Waals surface area contributed by atoms with E-state index in [0.29, 0.717) is 6.04 Å². The van der Waals surface area contributed by atoms with Crippen molar-refractivity contribution in [3.8, 4) is 0 Å². The first kappa shape index (κ1) is 12.6. The second-order valence-electron chi connectivity index (χ2n) is 4.74. The molecule has 0 spiro atoms. The predicted octanol–water partition coefficient (Wildman–Crippen LogP) is 3.14. The first-order chi connectivity index (χ1) is 8.18. The van der Waals surface area contributed by atoms with Crippen LogP contribution in [0.3, 0.4) is 0 Å². The molecule has 0 amide bonds. The predicted molar refractivity (Wildman–Crippen MR) is 69.3 cm³/mol. The second kappa shape index (κ2) is 5.65. The van der Waals surface area contributed by atoms with Gasteiger partial charge in [-0.3, -0.25) is 9.69 Å². The van der Waals surface area contributed by atoms with Gasteiger partial charge < -0.3 is 5.11 Å². The smallest absolute Gasteiger partial charge is 0.317 e. The first-order valence-electron chi connectivity index (χ1n) is 6.18. The lowest BCUT2D eigenvalue weighted by atomic mass is 10.1. The summed E-state index contributed by atoms with van der Waals surface area (Å²) in [5.41, 5.74) is 1.24. The summed E-state index contributed by atoms with van der Waals surface area (Å²) < 4.78 is 0. The van der Waals surface area contributed by atoms with Crippen molar-refractivity contribution < 1.29 is 9.90 Å². The minimum Gasteiger partial charge on any atom is -0.480 e. The third-order valence-electron chi connectivity index (χ3n) is 3.63. The molecule has 1 N–H and O–H groups in total. The topological polar surface area (TPSA) is 40.5 Å². The number of carboxylic acid groups (broad SMARTS) is 1. The Morgan fingerprint density at radius 1 is 1.59 bits per heavy atom. The molecule has 0 radical (unpaired) electrons. The van der Waals surface area contributed by atoms with Gasteiger partial charge >= 0.3 is 5.97 Å². The van der Waals surface area contributed by atoms with Crippen LogP contribution in [-0.4, -0.2) is 28.6 Å². The average molecular weight is 253 g/mol. The number of thiophene rings is 1. The van der Waals surface area contributed by atoms with Crippen LogP contribution in [0.1, 0.15) is 44.2 Å². The Bertz CT molecular complexity index is 358. The van der Waals surface area contributed by atoms with Gasteiger partial charge in [0.05, 0.1) is 6.54 Å². The summed E-state index contributed by atoms with van der Waals surface area (Å²) in [5.74, 6) is -0.723. The number of carboxylic acids is 1. The van der Waals surface area contributed by atoms with Gasteiger partial charge in [-0.25, -0.2) is 0 Å². The molecule has 1 heterocycles. The molecule has 94 valence electrons. The summed E-state index contributed by atoms with van der Waals surface area (Å²) in [6, 6.07) is 2.75. The summed E-state index contributed by atoms with van der Waals surface area (Å²) in [6.07, 6.45) is 4.75. The molecule has 2 rings (SSSR count). The number of rotatable bonds is 5. The van der Waals surface area contributed by atoms with Gasteiger partial charge in [-0.15, -0.1) is 0 Å². The highest BCUT2D eigenvalue weighted by atomic mass is 32.1. The van der Waals surface area contributed by atoms with Crippen LogP contribution in [0.4, 0.5) is 0 Å². The summed E-state index contributed by atoms with van der Waals surface area (Å²) in [4.78, 5) is 13.2. The molecule has 1 aromatic rings. The maximum Gasteiger partial charge on any atom is 0.317 e. The van der Waals surface area contributed by atoms with Crippen molar-refractivity contribution in [2.45, 2.75) is 44.7 Å². The highest BCUT2D eigenvalue weighted by Gasteiger charge is 2.28. The zero-order valence-electron chi connectivity index (χ0n) is 10.1. The van der Waals surface area contributed by atoms with E-state index in [1.54, 1.807) is 11.3 Å². The molecule has 0 aromatic carbocycles. The van der Waals surface area contributed by atoms with Gasteiger partial charge in [-0.2, -0.15) is 11.3 Å². The average Bonchev–Trinajstić information content (AvgIpc) is 2.96. The molecular formula is C13H19NO2S. The molecule has 0 aliphatic heterocycles. The molecule has 1 saturated carbocycles. The molecular weight excluding hydrogens is 234 g/mol. The monoisotopic (exact) mass is 253 g/mol. The van der Waals surface area contributed by atoms with Crippen molar-refractivity contribution in [2.75, 3.05) is 6.54 Å². The quantitative estimate of drug-likeness (QED) is 0.876. The van der Waals surface area contributed by atoms with E-state index < -0.39 is 5.97 Å². The minimum absolute atomic E-state index is 0.154. The molecule has 4 heteroatoms. The van der Waals surface area contributed by atoms with Crippen LogP contribution in [-0.2, 0) is 4.79 Å². The Morgan fingerprint density at radius 2 is 2.29 bits per heavy atom. The van der Waals surface area contributed by atoms with Crippen LogP contribution in [0, 0.1) is 0 Å². The molecule has 17 heavy (non-hydrogen) atoms. The van der Waals surface area contributed by atoms with Gasteiger partial charge in [0.1, 0.15) is 0 Å². The van der Waals surface area contributed by atoms with Crippen LogP contribution in [0.5, 0.6) is 0 Å². The number of aliphatic carboxylic acids is 1. The summed E-state index contributed by atoms with van der Waals surface area (Å²) in [7, 11) is 0. The highest BCUT2D eigenvalue weighted by molar-refractivity contribution is 7.07. The van der Waals surface area contributed by atoms with E-state index in [-0.39, 0.29) is 12.6 Å². The van der Waals surface area contributed by atoms with Crippen molar-refractivity contribution in [3.63, 3.8) is 0 Å². The molecule has 1 aliphatic carbocycles. The van der Waals surface area contributed by atoms with Gasteiger partial charge in [-0.1, -0.05) is 12.8 Å². The van der Waals surface area contributed by atoms with Gasteiger partial charge in [0, 0.05) is 12.1 Å². The Balaban J connectivity index is 2.11. The summed E-state index contributed by atoms with van der Waals surface area (Å²) in [5, 5.41) is 13.2. The summed E-state index contributed by atoms with van der Waals surface area (Å²) >= 11 is 1.67. The van der Waals surface area contributed by atoms with E-state index in [1.165, 1.54) is 18.4 Å². The molecule has 1 aromatic heterocycles. The van der Waals surface area contributed by atoms with E-state index in [9.17, 15) is 4.79 Å². The third-order valence-corrected chi connectivity index (χ3v) is 4.34. The number of hydrogen-bond donors (Lipinski definition) is 1. The fourth-order valence-corrected chi connectivity index (χ4v) is 3.43. The zero-order chi connectivity index (χ0) is 12.3. The van der Waals surface area contributed by atoms with E-state index >= 15 is 0 Å². The molecule has 1 fully saturated rings. The van der Waals surface area contributed by atoms with E-state index in [0.717, 1.165) is 12.8 Å². The first-order valence-corrected chi connectivity index (χ1v) is 7.12. The van der Waals surface area contributed by atoms with E-state index in [1.807, 2.05) is 0 Å². The highest BCUT2D eigenvalue weighted by Crippen LogP contribution is 2.31. The normalized spacial score (nSPS) is 18.7. The fraction of sp³-hybridized carbons (Fsp3) is 0.615. The van der Waals surface area contributed by atoms with Crippen molar-refractivity contribution >= 4 is 17.3 Å². The lowest BCUT2D eigenvalue weighted by Crippen LogP contribution is -2.39. The maximum atomic E-state index is 11.0. The molecule has 0 saturated heterocycles. The lowest BCUT2D eigenvalue weighted by molar-refractivity contribution is -0.139. The SMILES string of the molecule is CC(c1ccsc1)N(CC(=O)O)C1CCCC1. The van der Waals surface area contributed by atoms with Gasteiger partial charge in [0.15, 0.2) is 0 Å². The largest absolute Gasteiger partial charge is 0.480 e. The third kappa shape index (κ3) is 3.07. The van der Waals surface area contributed by atoms with Crippen LogP contribution in [0.2, 0.25) is 0 Å². The van der Waals surface area contributed by atoms with Crippen LogP contribution in [0.15, 0.2) is 16.8 Å². The Labute approximate surface area is 106 Å². The van der Waals surface area contributed by atoms with Gasteiger partial charge in [0.2, 0.25) is 0 Å². The number of nitrogens with zero attached hydrogens (tertiary/aromatic N) is 1. The summed E-state index contributed by atoms with van der Waals surface area (Å²) in [6.45, 7) is 2.27. The van der Waals surface area contributed by atoms with Crippen molar-refractivity contribution in [1.29, 1.82) is 0 Å². The molecule has 1 atom stereocenters. The van der Waals surface area contributed by atoms with E-state index in [2.05, 4.69) is 28.7 Å². The Hall–Kier alpha value is -0.870. The standard InChI is InChI=1S/C13H19NO2S/c1-10(11-6-7-17-9-11)14(8-13(15)16)12-4-2-3-5-12/h6-7,9-10,12H,2-5,8H2,1H3,(H,15,16). The van der Waals surface area contributed by atoms with E-state index in [4.69, 9.17) is 5.11 Å². The van der Waals surface area contributed by atoms with Gasteiger partial charge in [0.25, 0.3) is 0 Å². The maximum absolute atomic E-state index is 11.0. The Kier molecular flexibility index (Phi) is 4.18. The zero-order valence-corrected chi connectivity index (χ0v) is 10.9. The van der Waals surface area contributed by atoms with Crippen LogP contribution < -0.4 is 0 Å². The molecule has 0 bridgehead atoms. The minimum atomic E-state index is -0.723. The van der Waals surface area contributed by atoms with Crippen molar-refractivity contribution in [2.24, 2.45) is 0 Å². The van der Waals surface area contributed by atoms with Gasteiger partial charge in [-0.05, 0) is 42.2 Å². The molecule has 3 nitrogen and oxygen atoms in total. The van der Waals surface area contributed by atoms with Crippen LogP contribution in [0.25, 0.3) is 0 Å². The van der Waals surface area contributed by atoms with Crippen molar-refractivity contribution in [3.05, 3.63) is 22.4 Å². The number of carbonyl (C=O) groups is 1. The Morgan fingerprint density at radius 3 is 2.82 bits per heavy atom. The van der Waals surface area contributed by atoms with Crippen LogP contribution >= 0.6 is 11.3 Å². The number of hydrogen-bond acceptors (Lipinski definition) is 3. The lowest BCUT2D eigenvalue weighted by Gasteiger charge is -2.32. The van der Waals surface area contributed by atoms with Crippen molar-refractivity contribution in [1.82, 2.24) is 4.90 Å². The fourth-order valence-electron chi connectivity index (χ4n) is 2.68. The second-order valence-corrected chi connectivity index (χ2v) is 5.52. The molecule has 1 unspecified atom stereocenters.